The van der Waals surface area contributed by atoms with E-state index in [4.69, 9.17) is 0 Å². The molecule has 0 aromatic heterocycles. The van der Waals surface area contributed by atoms with E-state index in [-0.39, 0.29) is 17.9 Å². The number of anilines is 2. The Morgan fingerprint density at radius 1 is 1.28 bits per heavy atom. The van der Waals surface area contributed by atoms with Crippen molar-refractivity contribution in [2.45, 2.75) is 13.5 Å². The van der Waals surface area contributed by atoms with Crippen molar-refractivity contribution in [3.8, 4) is 0 Å². The highest BCUT2D eigenvalue weighted by molar-refractivity contribution is 5.95. The Labute approximate surface area is 145 Å². The minimum atomic E-state index is -0.370. The molecule has 0 unspecified atom stereocenters. The lowest BCUT2D eigenvalue weighted by Crippen LogP contribution is -2.29. The zero-order valence-electron chi connectivity index (χ0n) is 13.8. The average Bonchev–Trinajstić information content (AvgIpc) is 3.02. The van der Waals surface area contributed by atoms with E-state index < -0.39 is 0 Å². The number of carbonyl (C=O) groups is 2. The summed E-state index contributed by atoms with van der Waals surface area (Å²) in [6.45, 7) is 3.17. The third-order valence-corrected chi connectivity index (χ3v) is 3.95. The molecule has 130 valence electrons. The van der Waals surface area contributed by atoms with Crippen LogP contribution < -0.4 is 20.9 Å². The quantitative estimate of drug-likeness (QED) is 0.799. The van der Waals surface area contributed by atoms with Gasteiger partial charge in [-0.1, -0.05) is 18.2 Å². The molecule has 0 aliphatic carbocycles. The first kappa shape index (κ1) is 16.8. The van der Waals surface area contributed by atoms with Gasteiger partial charge in [-0.05, 0) is 42.3 Å². The van der Waals surface area contributed by atoms with Crippen molar-refractivity contribution in [3.05, 3.63) is 59.4 Å². The van der Waals surface area contributed by atoms with E-state index in [0.717, 1.165) is 11.3 Å². The zero-order valence-corrected chi connectivity index (χ0v) is 13.8. The summed E-state index contributed by atoms with van der Waals surface area (Å²) in [5, 5.41) is 8.20. The molecule has 1 aliphatic rings. The van der Waals surface area contributed by atoms with Crippen LogP contribution in [0.4, 0.5) is 25.4 Å². The molecular formula is C18H19FN4O2. The number of nitrogens with zero attached hydrogens (tertiary/aromatic N) is 1. The molecule has 4 amide bonds. The number of rotatable bonds is 4. The number of urea groups is 2. The van der Waals surface area contributed by atoms with Crippen LogP contribution in [0.5, 0.6) is 0 Å². The van der Waals surface area contributed by atoms with Crippen molar-refractivity contribution in [2.75, 3.05) is 23.3 Å². The lowest BCUT2D eigenvalue weighted by molar-refractivity contribution is 0.251. The van der Waals surface area contributed by atoms with Gasteiger partial charge in [-0.25, -0.2) is 14.0 Å². The third-order valence-electron chi connectivity index (χ3n) is 3.95. The number of amides is 4. The van der Waals surface area contributed by atoms with Gasteiger partial charge < -0.3 is 16.0 Å². The van der Waals surface area contributed by atoms with Gasteiger partial charge in [-0.15, -0.1) is 0 Å². The van der Waals surface area contributed by atoms with Crippen LogP contribution in [0.25, 0.3) is 0 Å². The molecule has 0 bridgehead atoms. The molecule has 0 atom stereocenters. The SMILES string of the molecule is Cc1cc(CNC(=O)Nc2cccc(N3CCNC3=O)c2)ccc1F. The minimum absolute atomic E-state index is 0.145. The van der Waals surface area contributed by atoms with Crippen LogP contribution in [0.15, 0.2) is 42.5 Å². The van der Waals surface area contributed by atoms with Gasteiger partial charge in [0.15, 0.2) is 0 Å². The first-order chi connectivity index (χ1) is 12.0. The fourth-order valence-electron chi connectivity index (χ4n) is 2.64. The van der Waals surface area contributed by atoms with Gasteiger partial charge in [0, 0.05) is 31.0 Å². The van der Waals surface area contributed by atoms with Crippen molar-refractivity contribution in [1.29, 1.82) is 0 Å². The van der Waals surface area contributed by atoms with Crippen molar-refractivity contribution in [1.82, 2.24) is 10.6 Å². The standard InChI is InChI=1S/C18H19FN4O2/c1-12-9-13(5-6-16(12)19)11-21-17(24)22-14-3-2-4-15(10-14)23-8-7-20-18(23)25/h2-6,9-10H,7-8,11H2,1H3,(H,20,25)(H2,21,22,24). The van der Waals surface area contributed by atoms with Gasteiger partial charge in [-0.3, -0.25) is 4.90 Å². The molecule has 2 aromatic carbocycles. The molecule has 0 radical (unpaired) electrons. The average molecular weight is 342 g/mol. The van der Waals surface area contributed by atoms with E-state index in [1.54, 1.807) is 42.2 Å². The molecule has 1 aliphatic heterocycles. The molecule has 1 saturated heterocycles. The number of halogens is 1. The number of benzene rings is 2. The van der Waals surface area contributed by atoms with Crippen molar-refractivity contribution in [2.24, 2.45) is 0 Å². The Hall–Kier alpha value is -3.09. The van der Waals surface area contributed by atoms with Gasteiger partial charge in [0.2, 0.25) is 0 Å². The Bertz CT molecular complexity index is 809. The number of nitrogens with one attached hydrogen (secondary N) is 3. The molecule has 1 heterocycles. The van der Waals surface area contributed by atoms with Crippen LogP contribution in [-0.2, 0) is 6.54 Å². The number of hydrogen-bond acceptors (Lipinski definition) is 2. The smallest absolute Gasteiger partial charge is 0.321 e. The first-order valence-electron chi connectivity index (χ1n) is 7.98. The van der Waals surface area contributed by atoms with Gasteiger partial charge in [0.1, 0.15) is 5.82 Å². The van der Waals surface area contributed by atoms with E-state index in [1.807, 2.05) is 6.07 Å². The fraction of sp³-hybridized carbons (Fsp3) is 0.222. The number of aryl methyl sites for hydroxylation is 1. The summed E-state index contributed by atoms with van der Waals surface area (Å²) in [6, 6.07) is 11.3. The number of hydrogen-bond donors (Lipinski definition) is 3. The highest BCUT2D eigenvalue weighted by Crippen LogP contribution is 2.21. The Morgan fingerprint density at radius 2 is 2.12 bits per heavy atom. The highest BCUT2D eigenvalue weighted by Gasteiger charge is 2.21. The minimum Gasteiger partial charge on any atom is -0.336 e. The normalized spacial score (nSPS) is 13.5. The molecule has 0 spiro atoms. The summed E-state index contributed by atoms with van der Waals surface area (Å²) in [4.78, 5) is 25.4. The highest BCUT2D eigenvalue weighted by atomic mass is 19.1. The van der Waals surface area contributed by atoms with Gasteiger partial charge in [-0.2, -0.15) is 0 Å². The molecule has 6 nitrogen and oxygen atoms in total. The predicted molar refractivity (Wildman–Crippen MR) is 94.2 cm³/mol. The van der Waals surface area contributed by atoms with Crippen molar-refractivity contribution < 1.29 is 14.0 Å². The molecule has 2 aromatic rings. The third kappa shape index (κ3) is 4.06. The first-order valence-corrected chi connectivity index (χ1v) is 7.98. The van der Waals surface area contributed by atoms with Gasteiger partial charge >= 0.3 is 12.1 Å². The van der Waals surface area contributed by atoms with Crippen molar-refractivity contribution >= 4 is 23.4 Å². The zero-order chi connectivity index (χ0) is 17.8. The van der Waals surface area contributed by atoms with Gasteiger partial charge in [0.05, 0.1) is 0 Å². The molecule has 3 rings (SSSR count). The van der Waals surface area contributed by atoms with Crippen LogP contribution in [-0.4, -0.2) is 25.2 Å². The molecule has 1 fully saturated rings. The maximum absolute atomic E-state index is 13.2. The van der Waals surface area contributed by atoms with Gasteiger partial charge in [0.25, 0.3) is 0 Å². The van der Waals surface area contributed by atoms with Crippen LogP contribution in [0.3, 0.4) is 0 Å². The number of carbonyl (C=O) groups excluding carboxylic acids is 2. The van der Waals surface area contributed by atoms with E-state index in [2.05, 4.69) is 16.0 Å². The second-order valence-corrected chi connectivity index (χ2v) is 5.83. The second-order valence-electron chi connectivity index (χ2n) is 5.83. The summed E-state index contributed by atoms with van der Waals surface area (Å²) < 4.78 is 13.2. The lowest BCUT2D eigenvalue weighted by Gasteiger charge is -2.15. The summed E-state index contributed by atoms with van der Waals surface area (Å²) in [6.07, 6.45) is 0. The lowest BCUT2D eigenvalue weighted by atomic mass is 10.1. The predicted octanol–water partition coefficient (Wildman–Crippen LogP) is 2.99. The topological polar surface area (TPSA) is 73.5 Å². The maximum atomic E-state index is 13.2. The molecule has 3 N–H and O–H groups in total. The Morgan fingerprint density at radius 3 is 2.84 bits per heavy atom. The van der Waals surface area contributed by atoms with Crippen LogP contribution in [0.2, 0.25) is 0 Å². The second kappa shape index (κ2) is 7.21. The monoisotopic (exact) mass is 342 g/mol. The summed E-state index contributed by atoms with van der Waals surface area (Å²) in [5.74, 6) is -0.268. The molecule has 7 heteroatoms. The van der Waals surface area contributed by atoms with E-state index in [0.29, 0.717) is 30.9 Å². The van der Waals surface area contributed by atoms with E-state index >= 15 is 0 Å². The molecular weight excluding hydrogens is 323 g/mol. The van der Waals surface area contributed by atoms with Crippen LogP contribution in [0, 0.1) is 12.7 Å². The largest absolute Gasteiger partial charge is 0.336 e. The van der Waals surface area contributed by atoms with Crippen LogP contribution >= 0.6 is 0 Å². The Balaban J connectivity index is 1.59. The van der Waals surface area contributed by atoms with E-state index in [9.17, 15) is 14.0 Å². The molecule has 25 heavy (non-hydrogen) atoms. The summed E-state index contributed by atoms with van der Waals surface area (Å²) in [7, 11) is 0. The summed E-state index contributed by atoms with van der Waals surface area (Å²) in [5.41, 5.74) is 2.67. The van der Waals surface area contributed by atoms with Crippen molar-refractivity contribution in [3.63, 3.8) is 0 Å². The van der Waals surface area contributed by atoms with Crippen LogP contribution in [0.1, 0.15) is 11.1 Å². The fourth-order valence-corrected chi connectivity index (χ4v) is 2.64. The maximum Gasteiger partial charge on any atom is 0.321 e. The molecule has 0 saturated carbocycles. The Kier molecular flexibility index (Phi) is 4.83. The summed E-state index contributed by atoms with van der Waals surface area (Å²) >= 11 is 0. The van der Waals surface area contributed by atoms with E-state index in [1.165, 1.54) is 6.07 Å².